The summed E-state index contributed by atoms with van der Waals surface area (Å²) in [5, 5.41) is 14.5. The number of hydrogen-bond donors (Lipinski definition) is 2. The lowest BCUT2D eigenvalue weighted by molar-refractivity contribution is 0.475. The highest BCUT2D eigenvalue weighted by Gasteiger charge is 2.22. The molecule has 1 aliphatic carbocycles. The first kappa shape index (κ1) is 12.1. The zero-order chi connectivity index (χ0) is 13.6. The number of nitrogen functional groups attached to an aromatic ring is 1. The van der Waals surface area contributed by atoms with Crippen LogP contribution in [0.2, 0.25) is 0 Å². The number of phenolic OH excluding ortho intramolecular Hbond substituents is 1. The summed E-state index contributed by atoms with van der Waals surface area (Å²) in [4.78, 5) is 0. The van der Waals surface area contributed by atoms with E-state index in [1.54, 1.807) is 10.9 Å². The van der Waals surface area contributed by atoms with Crippen LogP contribution < -0.4 is 5.73 Å². The van der Waals surface area contributed by atoms with Gasteiger partial charge in [0.1, 0.15) is 11.6 Å². The first-order valence-electron chi connectivity index (χ1n) is 6.71. The third-order valence-electron chi connectivity index (χ3n) is 4.11. The molecule has 3 N–H and O–H groups in total. The average molecular weight is 257 g/mol. The van der Waals surface area contributed by atoms with Crippen molar-refractivity contribution in [2.75, 3.05) is 5.73 Å². The highest BCUT2D eigenvalue weighted by molar-refractivity contribution is 5.82. The highest BCUT2D eigenvalue weighted by atomic mass is 16.3. The zero-order valence-electron chi connectivity index (χ0n) is 11.4. The minimum absolute atomic E-state index is 0.317. The molecule has 0 amide bonds. The van der Waals surface area contributed by atoms with Crippen molar-refractivity contribution in [2.24, 2.45) is 7.05 Å². The fourth-order valence-corrected chi connectivity index (χ4v) is 3.08. The van der Waals surface area contributed by atoms with E-state index >= 15 is 0 Å². The van der Waals surface area contributed by atoms with Crippen molar-refractivity contribution < 1.29 is 5.11 Å². The molecule has 1 heterocycles. The normalized spacial score (nSPS) is 14.4. The van der Waals surface area contributed by atoms with Gasteiger partial charge >= 0.3 is 0 Å². The number of anilines is 1. The maximum Gasteiger partial charge on any atom is 0.129 e. The van der Waals surface area contributed by atoms with Crippen molar-refractivity contribution in [1.82, 2.24) is 9.78 Å². The molecule has 0 bridgehead atoms. The van der Waals surface area contributed by atoms with Crippen LogP contribution in [0.4, 0.5) is 5.82 Å². The van der Waals surface area contributed by atoms with Crippen LogP contribution in [0.1, 0.15) is 29.5 Å². The average Bonchev–Trinajstić information content (AvgIpc) is 2.71. The molecule has 4 nitrogen and oxygen atoms in total. The van der Waals surface area contributed by atoms with Gasteiger partial charge in [0.05, 0.1) is 6.20 Å². The summed E-state index contributed by atoms with van der Waals surface area (Å²) in [6.07, 6.45) is 6.24. The first-order valence-corrected chi connectivity index (χ1v) is 6.71. The van der Waals surface area contributed by atoms with Gasteiger partial charge in [0, 0.05) is 18.2 Å². The van der Waals surface area contributed by atoms with Crippen LogP contribution >= 0.6 is 0 Å². The van der Waals surface area contributed by atoms with Crippen molar-refractivity contribution in [2.45, 2.75) is 32.6 Å². The van der Waals surface area contributed by atoms with Gasteiger partial charge in [-0.15, -0.1) is 0 Å². The number of aromatic nitrogens is 2. The first-order chi connectivity index (χ1) is 9.09. The Balaban J connectivity index is 2.29. The molecule has 0 saturated carbocycles. The number of benzene rings is 1. The zero-order valence-corrected chi connectivity index (χ0v) is 11.4. The lowest BCUT2D eigenvalue weighted by atomic mass is 9.83. The van der Waals surface area contributed by atoms with Gasteiger partial charge in [-0.05, 0) is 55.4 Å². The largest absolute Gasteiger partial charge is 0.507 e. The Morgan fingerprint density at radius 2 is 1.95 bits per heavy atom. The molecular formula is C15H19N3O. The second-order valence-electron chi connectivity index (χ2n) is 5.32. The quantitative estimate of drug-likeness (QED) is 0.825. The van der Waals surface area contributed by atoms with Crippen LogP contribution in [0, 0.1) is 6.92 Å². The predicted molar refractivity (Wildman–Crippen MR) is 76.1 cm³/mol. The Labute approximate surface area is 112 Å². The molecule has 0 fully saturated rings. The molecule has 0 unspecified atom stereocenters. The van der Waals surface area contributed by atoms with Crippen molar-refractivity contribution >= 4 is 5.82 Å². The molecular weight excluding hydrogens is 238 g/mol. The topological polar surface area (TPSA) is 64.1 Å². The number of fused-ring (bicyclic) bond motifs is 1. The van der Waals surface area contributed by atoms with Gasteiger partial charge in [-0.25, -0.2) is 0 Å². The summed E-state index contributed by atoms with van der Waals surface area (Å²) in [6, 6.07) is 1.85. The molecule has 1 aromatic heterocycles. The molecule has 1 aliphatic rings. The van der Waals surface area contributed by atoms with Gasteiger partial charge in [0.2, 0.25) is 0 Å². The Bertz CT molecular complexity index is 643. The monoisotopic (exact) mass is 257 g/mol. The van der Waals surface area contributed by atoms with E-state index in [4.69, 9.17) is 5.73 Å². The lowest BCUT2D eigenvalue weighted by Gasteiger charge is -2.22. The Morgan fingerprint density at radius 3 is 2.58 bits per heavy atom. The number of aromatic hydroxyl groups is 1. The summed E-state index contributed by atoms with van der Waals surface area (Å²) in [6.45, 7) is 2.07. The molecule has 3 rings (SSSR count). The van der Waals surface area contributed by atoms with Crippen LogP contribution in [0.15, 0.2) is 12.3 Å². The van der Waals surface area contributed by atoms with Crippen molar-refractivity contribution in [3.8, 4) is 16.9 Å². The molecule has 0 radical (unpaired) electrons. The van der Waals surface area contributed by atoms with E-state index in [1.807, 2.05) is 13.1 Å². The second kappa shape index (κ2) is 4.30. The lowest BCUT2D eigenvalue weighted by Crippen LogP contribution is -2.07. The molecule has 19 heavy (non-hydrogen) atoms. The summed E-state index contributed by atoms with van der Waals surface area (Å²) < 4.78 is 1.64. The van der Waals surface area contributed by atoms with Gasteiger partial charge < -0.3 is 10.8 Å². The third-order valence-corrected chi connectivity index (χ3v) is 4.11. The van der Waals surface area contributed by atoms with Gasteiger partial charge in [0.15, 0.2) is 0 Å². The molecule has 1 aromatic carbocycles. The van der Waals surface area contributed by atoms with Gasteiger partial charge in [-0.1, -0.05) is 0 Å². The van der Waals surface area contributed by atoms with Gasteiger partial charge in [-0.3, -0.25) is 4.68 Å². The standard InChI is InChI=1S/C15H19N3O/c1-9-7-13(19)14(11-6-4-3-5-10(9)11)12-8-17-18(2)15(12)16/h7-8,19H,3-6,16H2,1-2H3. The SMILES string of the molecule is Cc1cc(O)c(-c2cnn(C)c2N)c2c1CCCC2. The molecule has 0 spiro atoms. The fourth-order valence-electron chi connectivity index (χ4n) is 3.08. The van der Waals surface area contributed by atoms with Crippen LogP contribution in [-0.2, 0) is 19.9 Å². The number of nitrogens with two attached hydrogens (primary N) is 1. The molecule has 2 aromatic rings. The summed E-state index contributed by atoms with van der Waals surface area (Å²) in [5.41, 5.74) is 11.6. The molecule has 0 aliphatic heterocycles. The Morgan fingerprint density at radius 1 is 1.26 bits per heavy atom. The minimum atomic E-state index is 0.317. The van der Waals surface area contributed by atoms with E-state index in [1.165, 1.54) is 29.5 Å². The maximum absolute atomic E-state index is 10.3. The van der Waals surface area contributed by atoms with Crippen molar-refractivity contribution in [3.63, 3.8) is 0 Å². The van der Waals surface area contributed by atoms with Crippen LogP contribution in [0.5, 0.6) is 5.75 Å². The Hall–Kier alpha value is -1.97. The van der Waals surface area contributed by atoms with E-state index in [9.17, 15) is 5.11 Å². The van der Waals surface area contributed by atoms with E-state index in [0.29, 0.717) is 11.6 Å². The van der Waals surface area contributed by atoms with Gasteiger partial charge in [-0.2, -0.15) is 5.10 Å². The van der Waals surface area contributed by atoms with E-state index in [0.717, 1.165) is 24.0 Å². The van der Waals surface area contributed by atoms with Crippen LogP contribution in [0.3, 0.4) is 0 Å². The number of nitrogens with zero attached hydrogens (tertiary/aromatic N) is 2. The van der Waals surface area contributed by atoms with E-state index in [-0.39, 0.29) is 0 Å². The predicted octanol–water partition coefficient (Wildman–Crippen LogP) is 2.56. The van der Waals surface area contributed by atoms with Crippen molar-refractivity contribution in [3.05, 3.63) is 29.0 Å². The van der Waals surface area contributed by atoms with E-state index in [2.05, 4.69) is 12.0 Å². The molecule has 0 saturated heterocycles. The third kappa shape index (κ3) is 1.79. The summed E-state index contributed by atoms with van der Waals surface area (Å²) >= 11 is 0. The smallest absolute Gasteiger partial charge is 0.129 e. The molecule has 4 heteroatoms. The maximum atomic E-state index is 10.3. The number of hydrogen-bond acceptors (Lipinski definition) is 3. The summed E-state index contributed by atoms with van der Waals surface area (Å²) in [7, 11) is 1.82. The van der Waals surface area contributed by atoms with Crippen LogP contribution in [-0.4, -0.2) is 14.9 Å². The van der Waals surface area contributed by atoms with E-state index < -0.39 is 0 Å². The second-order valence-corrected chi connectivity index (χ2v) is 5.32. The Kier molecular flexibility index (Phi) is 2.73. The highest BCUT2D eigenvalue weighted by Crippen LogP contribution is 2.41. The summed E-state index contributed by atoms with van der Waals surface area (Å²) in [5.74, 6) is 0.921. The van der Waals surface area contributed by atoms with Crippen LogP contribution in [0.25, 0.3) is 11.1 Å². The minimum Gasteiger partial charge on any atom is -0.507 e. The number of rotatable bonds is 1. The number of aryl methyl sites for hydroxylation is 2. The fraction of sp³-hybridized carbons (Fsp3) is 0.400. The molecule has 100 valence electrons. The van der Waals surface area contributed by atoms with Gasteiger partial charge in [0.25, 0.3) is 0 Å². The van der Waals surface area contributed by atoms with Crippen molar-refractivity contribution in [1.29, 1.82) is 0 Å². The number of phenols is 1. The molecule has 0 atom stereocenters.